The highest BCUT2D eigenvalue weighted by molar-refractivity contribution is 5.89. The fourth-order valence-corrected chi connectivity index (χ4v) is 5.45. The van der Waals surface area contributed by atoms with Crippen LogP contribution in [0.5, 0.6) is 5.75 Å². The van der Waals surface area contributed by atoms with Gasteiger partial charge in [0.05, 0.1) is 12.7 Å². The van der Waals surface area contributed by atoms with Gasteiger partial charge < -0.3 is 14.8 Å². The molecule has 0 saturated carbocycles. The van der Waals surface area contributed by atoms with E-state index in [1.165, 1.54) is 5.71 Å². The molecule has 184 valence electrons. The van der Waals surface area contributed by atoms with Crippen molar-refractivity contribution in [2.75, 3.05) is 26.7 Å². The second-order valence-corrected chi connectivity index (χ2v) is 9.57. The summed E-state index contributed by atoms with van der Waals surface area (Å²) in [4.78, 5) is 17.1. The van der Waals surface area contributed by atoms with Gasteiger partial charge >= 0.3 is 5.97 Å². The first-order chi connectivity index (χ1) is 16.9. The van der Waals surface area contributed by atoms with Crippen LogP contribution in [0.2, 0.25) is 0 Å². The summed E-state index contributed by atoms with van der Waals surface area (Å²) in [7, 11) is 1.68. The van der Waals surface area contributed by atoms with Crippen molar-refractivity contribution in [1.82, 2.24) is 9.88 Å². The fraction of sp³-hybridized carbons (Fsp3) is 0.407. The molecule has 2 fully saturated rings. The van der Waals surface area contributed by atoms with Crippen molar-refractivity contribution in [2.24, 2.45) is 5.92 Å². The molecule has 1 atom stereocenters. The van der Waals surface area contributed by atoms with Crippen LogP contribution in [0.15, 0.2) is 42.6 Å². The molecule has 8 heteroatoms. The first-order valence-electron chi connectivity index (χ1n) is 11.9. The van der Waals surface area contributed by atoms with E-state index >= 15 is 0 Å². The number of H-pyrrole nitrogens is 1. The molecule has 35 heavy (non-hydrogen) atoms. The molecule has 2 aliphatic heterocycles. The van der Waals surface area contributed by atoms with Gasteiger partial charge in [0.1, 0.15) is 11.7 Å². The zero-order valence-corrected chi connectivity index (χ0v) is 19.9. The van der Waals surface area contributed by atoms with Crippen LogP contribution in [0.4, 0.5) is 8.78 Å². The van der Waals surface area contributed by atoms with Gasteiger partial charge in [-0.15, -0.1) is 0 Å². The van der Waals surface area contributed by atoms with Crippen molar-refractivity contribution in [3.05, 3.63) is 64.8 Å². The fourth-order valence-electron chi connectivity index (χ4n) is 5.45. The standard InChI is InChI=1S/C27H29F2N3O3/c1-16-11-24(35-2)22(21-7-9-30-25(16)21)15-31-10-8-20(32-13-19(14-32)26(28)29)12-23(31)17-3-5-18(6-4-17)27(33)34/h3-7,9,11,19,23,26,30H,8,10,12-15H2,1-2H3/p+1/t19?,23-/m0/s1. The summed E-state index contributed by atoms with van der Waals surface area (Å²) in [6, 6.07) is 11.2. The number of aromatic nitrogens is 1. The number of rotatable bonds is 6. The van der Waals surface area contributed by atoms with Gasteiger partial charge in [0.2, 0.25) is 0 Å². The first kappa shape index (κ1) is 23.5. The lowest BCUT2D eigenvalue weighted by atomic mass is 9.90. The Morgan fingerprint density at radius 1 is 1.26 bits per heavy atom. The number of halogens is 2. The van der Waals surface area contributed by atoms with Crippen molar-refractivity contribution >= 4 is 22.6 Å². The molecule has 2 aromatic carbocycles. The number of aromatic carboxylic acids is 1. The molecule has 1 aromatic heterocycles. The van der Waals surface area contributed by atoms with Crippen LogP contribution in [0.25, 0.3) is 10.9 Å². The van der Waals surface area contributed by atoms with E-state index < -0.39 is 18.3 Å². The summed E-state index contributed by atoms with van der Waals surface area (Å²) in [5.41, 5.74) is 5.78. The number of likely N-dealkylation sites (tertiary alicyclic amines) is 1. The lowest BCUT2D eigenvalue weighted by molar-refractivity contribution is -0.613. The average Bonchev–Trinajstić information content (AvgIpc) is 3.31. The summed E-state index contributed by atoms with van der Waals surface area (Å²) in [5, 5.41) is 10.4. The molecule has 0 unspecified atom stereocenters. The highest BCUT2D eigenvalue weighted by Crippen LogP contribution is 2.37. The highest BCUT2D eigenvalue weighted by atomic mass is 19.3. The van der Waals surface area contributed by atoms with Crippen LogP contribution in [-0.4, -0.2) is 64.4 Å². The number of aryl methyl sites for hydroxylation is 1. The second kappa shape index (κ2) is 9.41. The van der Waals surface area contributed by atoms with Crippen molar-refractivity contribution in [3.63, 3.8) is 0 Å². The van der Waals surface area contributed by atoms with Crippen molar-refractivity contribution in [3.8, 4) is 5.75 Å². The molecule has 0 bridgehead atoms. The Morgan fingerprint density at radius 3 is 2.66 bits per heavy atom. The van der Waals surface area contributed by atoms with E-state index in [9.17, 15) is 18.7 Å². The zero-order chi connectivity index (χ0) is 24.7. The Hall–Kier alpha value is -3.26. The van der Waals surface area contributed by atoms with Gasteiger partial charge in [0.15, 0.2) is 18.8 Å². The van der Waals surface area contributed by atoms with Crippen LogP contribution in [0.1, 0.15) is 45.9 Å². The third-order valence-electron chi connectivity index (χ3n) is 7.51. The molecule has 2 saturated heterocycles. The highest BCUT2D eigenvalue weighted by Gasteiger charge is 2.42. The minimum Gasteiger partial charge on any atom is -0.496 e. The number of methoxy groups -OCH3 is 1. The monoisotopic (exact) mass is 482 g/mol. The van der Waals surface area contributed by atoms with E-state index in [-0.39, 0.29) is 11.6 Å². The Morgan fingerprint density at radius 2 is 2.00 bits per heavy atom. The molecule has 2 N–H and O–H groups in total. The van der Waals surface area contributed by atoms with Crippen LogP contribution in [0.3, 0.4) is 0 Å². The Bertz CT molecular complexity index is 1270. The van der Waals surface area contributed by atoms with Crippen LogP contribution < -0.4 is 4.74 Å². The Kier molecular flexibility index (Phi) is 6.32. The number of fused-ring (bicyclic) bond motifs is 1. The quantitative estimate of drug-likeness (QED) is 0.492. The number of piperidine rings is 1. The number of hydrogen-bond acceptors (Lipinski definition) is 3. The van der Waals surface area contributed by atoms with E-state index in [1.807, 2.05) is 18.3 Å². The van der Waals surface area contributed by atoms with Gasteiger partial charge in [-0.05, 0) is 42.3 Å². The molecule has 6 nitrogen and oxygen atoms in total. The van der Waals surface area contributed by atoms with Crippen LogP contribution in [-0.2, 0) is 6.54 Å². The summed E-state index contributed by atoms with van der Waals surface area (Å²) >= 11 is 0. The molecular formula is C27H30F2N3O3+. The SMILES string of the molecule is COc1cc(C)c2[nH]ccc2c1CN1CCC(=[N+]2CC(C(F)F)C2)C[C@H]1c1ccc(C(=O)O)cc1. The van der Waals surface area contributed by atoms with Gasteiger partial charge in [-0.3, -0.25) is 4.90 Å². The number of nitrogens with zero attached hydrogens (tertiary/aromatic N) is 2. The van der Waals surface area contributed by atoms with Gasteiger partial charge in [0.25, 0.3) is 6.43 Å². The second-order valence-electron chi connectivity index (χ2n) is 9.57. The summed E-state index contributed by atoms with van der Waals surface area (Å²) in [6.07, 6.45) is 1.22. The topological polar surface area (TPSA) is 68.6 Å². The average molecular weight is 483 g/mol. The normalized spacial score (nSPS) is 20.9. The van der Waals surface area contributed by atoms with Crippen molar-refractivity contribution < 1.29 is 28.0 Å². The molecule has 0 spiro atoms. The zero-order valence-electron chi connectivity index (χ0n) is 19.9. The van der Waals surface area contributed by atoms with Crippen molar-refractivity contribution in [1.29, 1.82) is 0 Å². The minimum atomic E-state index is -2.27. The Balaban J connectivity index is 1.48. The van der Waals surface area contributed by atoms with E-state index in [0.29, 0.717) is 19.6 Å². The number of ether oxygens (including phenoxy) is 1. The van der Waals surface area contributed by atoms with E-state index in [1.54, 1.807) is 19.2 Å². The molecule has 2 aliphatic rings. The molecular weight excluding hydrogens is 452 g/mol. The maximum Gasteiger partial charge on any atom is 0.335 e. The lowest BCUT2D eigenvalue weighted by Crippen LogP contribution is -2.49. The first-order valence-corrected chi connectivity index (χ1v) is 11.9. The summed E-state index contributed by atoms with van der Waals surface area (Å²) < 4.78 is 34.0. The predicted molar refractivity (Wildman–Crippen MR) is 130 cm³/mol. The maximum absolute atomic E-state index is 13.1. The molecule has 3 aromatic rings. The maximum atomic E-state index is 13.1. The largest absolute Gasteiger partial charge is 0.496 e. The van der Waals surface area contributed by atoms with Crippen LogP contribution in [0, 0.1) is 12.8 Å². The van der Waals surface area contributed by atoms with E-state index in [0.717, 1.165) is 52.7 Å². The molecule has 0 amide bonds. The number of alkyl halides is 2. The third-order valence-corrected chi connectivity index (χ3v) is 7.51. The van der Waals surface area contributed by atoms with Crippen LogP contribution >= 0.6 is 0 Å². The van der Waals surface area contributed by atoms with Gasteiger partial charge in [-0.25, -0.2) is 18.2 Å². The predicted octanol–water partition coefficient (Wildman–Crippen LogP) is 4.87. The number of benzene rings is 2. The minimum absolute atomic E-state index is 0.00666. The van der Waals surface area contributed by atoms with E-state index in [4.69, 9.17) is 4.74 Å². The third kappa shape index (κ3) is 4.43. The smallest absolute Gasteiger partial charge is 0.335 e. The number of carboxylic acid groups (broad SMARTS) is 1. The van der Waals surface area contributed by atoms with Gasteiger partial charge in [0, 0.05) is 54.6 Å². The molecule has 5 rings (SSSR count). The van der Waals surface area contributed by atoms with E-state index in [2.05, 4.69) is 33.5 Å². The van der Waals surface area contributed by atoms with Gasteiger partial charge in [-0.1, -0.05) is 12.1 Å². The Labute approximate surface area is 202 Å². The van der Waals surface area contributed by atoms with Crippen molar-refractivity contribution in [2.45, 2.75) is 38.8 Å². The molecule has 0 aliphatic carbocycles. The summed E-state index contributed by atoms with van der Waals surface area (Å²) in [6.45, 7) is 4.32. The number of carbonyl (C=O) groups is 1. The molecule has 3 heterocycles. The number of carboxylic acids is 1. The number of hydrogen-bond donors (Lipinski definition) is 2. The lowest BCUT2D eigenvalue weighted by Gasteiger charge is -2.37. The number of nitrogens with one attached hydrogen (secondary N) is 1. The number of aromatic amines is 1. The summed E-state index contributed by atoms with van der Waals surface area (Å²) in [5.74, 6) is -0.665. The molecule has 0 radical (unpaired) electrons. The van der Waals surface area contributed by atoms with Gasteiger partial charge in [-0.2, -0.15) is 0 Å².